The summed E-state index contributed by atoms with van der Waals surface area (Å²) in [6, 6.07) is 20.8. The van der Waals surface area contributed by atoms with E-state index in [2.05, 4.69) is 32.5 Å². The molecule has 3 aromatic carbocycles. The molecule has 3 aliphatic heterocycles. The molecule has 7 rings (SSSR count). The van der Waals surface area contributed by atoms with Crippen molar-refractivity contribution in [1.29, 1.82) is 0 Å². The number of likely N-dealkylation sites (tertiary alicyclic amines) is 1. The molecule has 4 heterocycles. The van der Waals surface area contributed by atoms with Crippen LogP contribution in [0.15, 0.2) is 66.7 Å². The molecule has 0 bridgehead atoms. The number of halogens is 2. The van der Waals surface area contributed by atoms with Crippen LogP contribution in [0.3, 0.4) is 0 Å². The largest absolute Gasteiger partial charge is 0.490 e. The highest BCUT2D eigenvalue weighted by Crippen LogP contribution is 2.40. The van der Waals surface area contributed by atoms with Crippen LogP contribution in [0.25, 0.3) is 10.9 Å². The Labute approximate surface area is 298 Å². The van der Waals surface area contributed by atoms with Crippen molar-refractivity contribution in [2.75, 3.05) is 59.1 Å². The van der Waals surface area contributed by atoms with Crippen LogP contribution >= 0.6 is 34.2 Å². The fraction of sp³-hybridized carbons (Fsp3) is 0.389. The molecule has 252 valence electrons. The number of nitrogens with zero attached hydrogens (tertiary/aromatic N) is 3. The van der Waals surface area contributed by atoms with E-state index >= 15 is 0 Å². The maximum absolute atomic E-state index is 13.6. The highest BCUT2D eigenvalue weighted by Gasteiger charge is 2.36. The minimum Gasteiger partial charge on any atom is -0.490 e. The molecular formula is C36H38ClIN4O6. The zero-order valence-electron chi connectivity index (χ0n) is 26.5. The van der Waals surface area contributed by atoms with E-state index < -0.39 is 6.09 Å². The first-order valence-corrected chi connectivity index (χ1v) is 17.9. The number of amides is 2. The van der Waals surface area contributed by atoms with E-state index in [4.69, 9.17) is 30.5 Å². The molecule has 0 spiro atoms. The van der Waals surface area contributed by atoms with E-state index in [1.54, 1.807) is 21.9 Å². The zero-order chi connectivity index (χ0) is 33.0. The molecule has 2 amide bonds. The van der Waals surface area contributed by atoms with E-state index in [-0.39, 0.29) is 18.2 Å². The topological polar surface area (TPSA) is 96.6 Å². The zero-order valence-corrected chi connectivity index (χ0v) is 29.5. The summed E-state index contributed by atoms with van der Waals surface area (Å²) in [7, 11) is 0. The minimum absolute atomic E-state index is 0.00611. The molecule has 2 saturated heterocycles. The van der Waals surface area contributed by atoms with Gasteiger partial charge in [0, 0.05) is 77.3 Å². The van der Waals surface area contributed by atoms with Gasteiger partial charge in [-0.25, -0.2) is 9.59 Å². The third-order valence-electron chi connectivity index (χ3n) is 9.28. The van der Waals surface area contributed by atoms with Gasteiger partial charge in [-0.1, -0.05) is 23.7 Å². The lowest BCUT2D eigenvalue weighted by molar-refractivity contribution is 0.0220. The summed E-state index contributed by atoms with van der Waals surface area (Å²) in [6.45, 7) is 5.99. The fourth-order valence-corrected chi connectivity index (χ4v) is 7.25. The van der Waals surface area contributed by atoms with Gasteiger partial charge in [0.05, 0.1) is 13.2 Å². The molecule has 10 nitrogen and oxygen atoms in total. The van der Waals surface area contributed by atoms with Crippen LogP contribution in [-0.4, -0.2) is 97.1 Å². The lowest BCUT2D eigenvalue weighted by Gasteiger charge is -2.35. The Hall–Kier alpha value is -3.52. The molecule has 4 aromatic rings. The molecule has 1 atom stereocenters. The van der Waals surface area contributed by atoms with E-state index in [0.29, 0.717) is 43.4 Å². The highest BCUT2D eigenvalue weighted by atomic mass is 127. The van der Waals surface area contributed by atoms with Gasteiger partial charge in [-0.3, -0.25) is 9.80 Å². The molecular weight excluding hydrogens is 747 g/mol. The predicted octanol–water partition coefficient (Wildman–Crippen LogP) is 6.88. The van der Waals surface area contributed by atoms with Gasteiger partial charge in [-0.15, -0.1) is 0 Å². The standard InChI is InChI=1S/C36H38ClIN4O6/c37-25-3-10-32-31(23-25)30-13-16-42(36(44)48-28-8-4-26(38)5-9-28)34(33(30)39-32)24-1-6-27(7-2-24)47-29-11-14-41(15-12-29)35(43)46-22-19-40-17-20-45-21-18-40/h1-10,23,29,34,39H,11-22H2/t34-/m0/s1. The molecule has 12 heteroatoms. The first-order chi connectivity index (χ1) is 23.4. The third kappa shape index (κ3) is 7.54. The van der Waals surface area contributed by atoms with E-state index in [9.17, 15) is 9.59 Å². The van der Waals surface area contributed by atoms with Crippen molar-refractivity contribution in [1.82, 2.24) is 19.7 Å². The maximum Gasteiger partial charge on any atom is 0.416 e. The number of hydrogen-bond donors (Lipinski definition) is 1. The molecule has 0 radical (unpaired) electrons. The van der Waals surface area contributed by atoms with Crippen molar-refractivity contribution in [2.24, 2.45) is 0 Å². The number of carbonyl (C=O) groups excluding carboxylic acids is 2. The Bertz CT molecular complexity index is 1740. The van der Waals surface area contributed by atoms with Crippen LogP contribution in [0.4, 0.5) is 9.59 Å². The summed E-state index contributed by atoms with van der Waals surface area (Å²) in [5.74, 6) is 1.25. The predicted molar refractivity (Wildman–Crippen MR) is 191 cm³/mol. The van der Waals surface area contributed by atoms with Crippen LogP contribution in [-0.2, 0) is 15.9 Å². The highest BCUT2D eigenvalue weighted by molar-refractivity contribution is 14.1. The number of morpholine rings is 1. The van der Waals surface area contributed by atoms with Crippen molar-refractivity contribution in [3.63, 3.8) is 0 Å². The van der Waals surface area contributed by atoms with E-state index in [0.717, 1.165) is 82.7 Å². The number of H-pyrrole nitrogens is 1. The lowest BCUT2D eigenvalue weighted by atomic mass is 9.92. The number of ether oxygens (including phenoxy) is 4. The Balaban J connectivity index is 1.01. The number of aromatic amines is 1. The van der Waals surface area contributed by atoms with Crippen molar-refractivity contribution in [3.8, 4) is 11.5 Å². The average Bonchev–Trinajstić information content (AvgIpc) is 3.48. The van der Waals surface area contributed by atoms with Gasteiger partial charge in [-0.2, -0.15) is 0 Å². The van der Waals surface area contributed by atoms with Gasteiger partial charge >= 0.3 is 12.2 Å². The van der Waals surface area contributed by atoms with Gasteiger partial charge in [0.2, 0.25) is 0 Å². The number of fused-ring (bicyclic) bond motifs is 3. The van der Waals surface area contributed by atoms with Crippen molar-refractivity contribution in [2.45, 2.75) is 31.4 Å². The summed E-state index contributed by atoms with van der Waals surface area (Å²) >= 11 is 8.60. The minimum atomic E-state index is -0.407. The maximum atomic E-state index is 13.6. The second kappa shape index (κ2) is 14.9. The molecule has 0 unspecified atom stereocenters. The van der Waals surface area contributed by atoms with Crippen LogP contribution in [0.5, 0.6) is 11.5 Å². The first-order valence-electron chi connectivity index (χ1n) is 16.4. The molecule has 48 heavy (non-hydrogen) atoms. The number of aromatic nitrogens is 1. The van der Waals surface area contributed by atoms with Crippen LogP contribution in [0.2, 0.25) is 5.02 Å². The number of hydrogen-bond acceptors (Lipinski definition) is 7. The van der Waals surface area contributed by atoms with Crippen LogP contribution < -0.4 is 9.47 Å². The molecule has 3 aliphatic rings. The number of piperidine rings is 1. The average molecular weight is 785 g/mol. The molecule has 1 N–H and O–H groups in total. The summed E-state index contributed by atoms with van der Waals surface area (Å²) in [5, 5.41) is 1.75. The fourth-order valence-electron chi connectivity index (χ4n) is 6.72. The normalized spacial score (nSPS) is 18.8. The summed E-state index contributed by atoms with van der Waals surface area (Å²) < 4.78 is 24.2. The van der Waals surface area contributed by atoms with Gasteiger partial charge < -0.3 is 28.8 Å². The van der Waals surface area contributed by atoms with Crippen LogP contribution in [0, 0.1) is 3.57 Å². The van der Waals surface area contributed by atoms with Crippen molar-refractivity contribution >= 4 is 57.3 Å². The van der Waals surface area contributed by atoms with Gasteiger partial charge in [0.1, 0.15) is 30.3 Å². The van der Waals surface area contributed by atoms with E-state index in [1.807, 2.05) is 54.6 Å². The Morgan fingerprint density at radius 3 is 2.38 bits per heavy atom. The van der Waals surface area contributed by atoms with Gasteiger partial charge in [-0.05, 0) is 94.7 Å². The lowest BCUT2D eigenvalue weighted by Crippen LogP contribution is -2.43. The molecule has 0 saturated carbocycles. The first kappa shape index (κ1) is 33.0. The summed E-state index contributed by atoms with van der Waals surface area (Å²) in [4.78, 5) is 35.6. The summed E-state index contributed by atoms with van der Waals surface area (Å²) in [6.07, 6.45) is 1.45. The SMILES string of the molecule is O=C(OCCN1CCOCC1)N1CCC(Oc2ccc([C@H]3c4[nH]c5ccc(Cl)cc5c4CCN3C(=O)Oc3ccc(I)cc3)cc2)CC1. The third-order valence-corrected chi connectivity index (χ3v) is 10.2. The second-order valence-corrected chi connectivity index (χ2v) is 14.0. The van der Waals surface area contributed by atoms with Crippen LogP contribution in [0.1, 0.15) is 35.7 Å². The quantitative estimate of drug-likeness (QED) is 0.204. The number of rotatable bonds is 7. The van der Waals surface area contributed by atoms with Crippen molar-refractivity contribution < 1.29 is 28.5 Å². The van der Waals surface area contributed by atoms with E-state index in [1.165, 1.54) is 0 Å². The van der Waals surface area contributed by atoms with Gasteiger partial charge in [0.25, 0.3) is 0 Å². The second-order valence-electron chi connectivity index (χ2n) is 12.3. The molecule has 1 aromatic heterocycles. The smallest absolute Gasteiger partial charge is 0.416 e. The number of carbonyl (C=O) groups is 2. The molecule has 0 aliphatic carbocycles. The Morgan fingerprint density at radius 2 is 1.62 bits per heavy atom. The van der Waals surface area contributed by atoms with Crippen molar-refractivity contribution in [3.05, 3.63) is 92.1 Å². The number of benzene rings is 3. The molecule has 2 fully saturated rings. The van der Waals surface area contributed by atoms with Gasteiger partial charge in [0.15, 0.2) is 0 Å². The summed E-state index contributed by atoms with van der Waals surface area (Å²) in [5.41, 5.74) is 4.03. The number of nitrogens with one attached hydrogen (secondary N) is 1. The monoisotopic (exact) mass is 784 g/mol. The Morgan fingerprint density at radius 1 is 0.896 bits per heavy atom. The Kier molecular flexibility index (Phi) is 10.3.